The van der Waals surface area contributed by atoms with Gasteiger partial charge in [-0.15, -0.1) is 0 Å². The van der Waals surface area contributed by atoms with E-state index < -0.39 is 0 Å². The van der Waals surface area contributed by atoms with Crippen molar-refractivity contribution in [3.8, 4) is 5.69 Å². The summed E-state index contributed by atoms with van der Waals surface area (Å²) < 4.78 is 8.10. The minimum atomic E-state index is -0.182. The minimum absolute atomic E-state index is 0.0749. The summed E-state index contributed by atoms with van der Waals surface area (Å²) in [5, 5.41) is 9.97. The van der Waals surface area contributed by atoms with Gasteiger partial charge in [-0.1, -0.05) is 6.07 Å². The number of aliphatic hydroxyl groups is 1. The predicted octanol–water partition coefficient (Wildman–Crippen LogP) is 2.69. The zero-order chi connectivity index (χ0) is 17.3. The quantitative estimate of drug-likeness (QED) is 0.933. The van der Waals surface area contributed by atoms with Crippen LogP contribution in [0.1, 0.15) is 36.8 Å². The first kappa shape index (κ1) is 16.8. The fourth-order valence-electron chi connectivity index (χ4n) is 4.14. The van der Waals surface area contributed by atoms with Gasteiger partial charge >= 0.3 is 0 Å². The van der Waals surface area contributed by atoms with E-state index in [1.54, 1.807) is 6.20 Å². The Morgan fingerprint density at radius 2 is 2.16 bits per heavy atom. The van der Waals surface area contributed by atoms with Crippen molar-refractivity contribution in [2.24, 2.45) is 0 Å². The van der Waals surface area contributed by atoms with Crippen LogP contribution >= 0.6 is 0 Å². The number of imidazole rings is 1. The van der Waals surface area contributed by atoms with Gasteiger partial charge in [0.1, 0.15) is 0 Å². The summed E-state index contributed by atoms with van der Waals surface area (Å²) in [5.74, 6) is 0. The maximum Gasteiger partial charge on any atom is 0.0991 e. The number of likely N-dealkylation sites (tertiary alicyclic amines) is 1. The lowest BCUT2D eigenvalue weighted by Crippen LogP contribution is -2.50. The molecule has 0 saturated carbocycles. The number of hydrogen-bond donors (Lipinski definition) is 1. The zero-order valence-electron chi connectivity index (χ0n) is 14.9. The number of ether oxygens (including phenoxy) is 1. The molecule has 1 unspecified atom stereocenters. The summed E-state index contributed by atoms with van der Waals surface area (Å²) >= 11 is 0. The molecule has 1 N–H and O–H groups in total. The van der Waals surface area contributed by atoms with Gasteiger partial charge in [0, 0.05) is 50.7 Å². The van der Waals surface area contributed by atoms with Gasteiger partial charge in [-0.05, 0) is 49.4 Å². The average molecular weight is 341 g/mol. The van der Waals surface area contributed by atoms with Crippen LogP contribution in [0.25, 0.3) is 5.69 Å². The molecular formula is C20H27N3O2. The van der Waals surface area contributed by atoms with Crippen LogP contribution in [0.3, 0.4) is 0 Å². The van der Waals surface area contributed by atoms with Crippen LogP contribution in [-0.4, -0.2) is 51.0 Å². The third-order valence-electron chi connectivity index (χ3n) is 5.76. The summed E-state index contributed by atoms with van der Waals surface area (Å²) in [4.78, 5) is 6.62. The molecule has 2 saturated heterocycles. The largest absolute Gasteiger partial charge is 0.393 e. The maximum atomic E-state index is 9.97. The molecule has 1 spiro atoms. The number of nitrogens with zero attached hydrogens (tertiary/aromatic N) is 3. The van der Waals surface area contributed by atoms with Gasteiger partial charge in [0.25, 0.3) is 0 Å². The molecule has 1 atom stereocenters. The van der Waals surface area contributed by atoms with Crippen LogP contribution in [0.4, 0.5) is 0 Å². The monoisotopic (exact) mass is 341 g/mol. The summed E-state index contributed by atoms with van der Waals surface area (Å²) in [6, 6.07) is 6.62. The SMILES string of the molecule is Cc1cc(-n2ccnc2)ccc1CN1CCC2(CC1)CC(O)CCO2. The van der Waals surface area contributed by atoms with Gasteiger partial charge in [0.05, 0.1) is 18.0 Å². The van der Waals surface area contributed by atoms with E-state index in [9.17, 15) is 5.11 Å². The van der Waals surface area contributed by atoms with Crippen LogP contribution in [0.2, 0.25) is 0 Å². The van der Waals surface area contributed by atoms with Crippen molar-refractivity contribution in [1.29, 1.82) is 0 Å². The molecule has 2 fully saturated rings. The molecule has 3 heterocycles. The normalized spacial score (nSPS) is 23.8. The van der Waals surface area contributed by atoms with Crippen molar-refractivity contribution < 1.29 is 9.84 Å². The number of benzene rings is 1. The number of aliphatic hydroxyl groups excluding tert-OH is 1. The lowest BCUT2D eigenvalue weighted by Gasteiger charge is -2.45. The molecule has 5 heteroatoms. The van der Waals surface area contributed by atoms with Crippen molar-refractivity contribution >= 4 is 0 Å². The van der Waals surface area contributed by atoms with E-state index in [-0.39, 0.29) is 11.7 Å². The Hall–Kier alpha value is -1.69. The van der Waals surface area contributed by atoms with Crippen LogP contribution < -0.4 is 0 Å². The molecule has 134 valence electrons. The topological polar surface area (TPSA) is 50.5 Å². The Labute approximate surface area is 149 Å². The van der Waals surface area contributed by atoms with Gasteiger partial charge in [-0.2, -0.15) is 0 Å². The summed E-state index contributed by atoms with van der Waals surface area (Å²) in [6.45, 7) is 5.94. The highest BCUT2D eigenvalue weighted by Crippen LogP contribution is 2.35. The maximum absolute atomic E-state index is 9.97. The van der Waals surface area contributed by atoms with Crippen molar-refractivity contribution in [3.05, 3.63) is 48.0 Å². The number of piperidine rings is 1. The van der Waals surface area contributed by atoms with Gasteiger partial charge in [-0.3, -0.25) is 4.90 Å². The first-order valence-electron chi connectivity index (χ1n) is 9.26. The third kappa shape index (κ3) is 3.64. The van der Waals surface area contributed by atoms with E-state index in [2.05, 4.69) is 35.0 Å². The first-order chi connectivity index (χ1) is 12.1. The highest BCUT2D eigenvalue weighted by molar-refractivity contribution is 5.40. The van der Waals surface area contributed by atoms with Crippen molar-refractivity contribution in [2.75, 3.05) is 19.7 Å². The van der Waals surface area contributed by atoms with E-state index >= 15 is 0 Å². The molecular weight excluding hydrogens is 314 g/mol. The molecule has 1 aromatic heterocycles. The molecule has 0 amide bonds. The first-order valence-corrected chi connectivity index (χ1v) is 9.26. The van der Waals surface area contributed by atoms with Crippen molar-refractivity contribution in [3.63, 3.8) is 0 Å². The lowest BCUT2D eigenvalue weighted by molar-refractivity contribution is -0.143. The summed E-state index contributed by atoms with van der Waals surface area (Å²) in [6.07, 6.45) is 9.06. The number of hydrogen-bond acceptors (Lipinski definition) is 4. The average Bonchev–Trinajstić information content (AvgIpc) is 3.13. The highest BCUT2D eigenvalue weighted by Gasteiger charge is 2.39. The van der Waals surface area contributed by atoms with Gasteiger partial charge in [0.2, 0.25) is 0 Å². The number of aromatic nitrogens is 2. The van der Waals surface area contributed by atoms with Gasteiger partial charge < -0.3 is 14.4 Å². The Morgan fingerprint density at radius 1 is 1.32 bits per heavy atom. The third-order valence-corrected chi connectivity index (χ3v) is 5.76. The standard InChI is InChI=1S/C20H27N3O2/c1-16-12-18(23-10-7-21-15-23)3-2-17(16)14-22-8-5-20(6-9-22)13-19(24)4-11-25-20/h2-3,7,10,12,15,19,24H,4-6,8-9,11,13-14H2,1H3. The van der Waals surface area contributed by atoms with Crippen LogP contribution in [0.5, 0.6) is 0 Å². The lowest BCUT2D eigenvalue weighted by atomic mass is 9.83. The second-order valence-corrected chi connectivity index (χ2v) is 7.53. The highest BCUT2D eigenvalue weighted by atomic mass is 16.5. The second kappa shape index (κ2) is 6.90. The molecule has 0 bridgehead atoms. The van der Waals surface area contributed by atoms with Crippen molar-refractivity contribution in [2.45, 2.75) is 50.9 Å². The Bertz CT molecular complexity index is 706. The van der Waals surface area contributed by atoms with Gasteiger partial charge in [-0.25, -0.2) is 4.98 Å². The smallest absolute Gasteiger partial charge is 0.0991 e. The molecule has 0 aliphatic carbocycles. The van der Waals surface area contributed by atoms with E-state index in [4.69, 9.17) is 4.74 Å². The van der Waals surface area contributed by atoms with Crippen LogP contribution in [0, 0.1) is 6.92 Å². The Morgan fingerprint density at radius 3 is 2.84 bits per heavy atom. The van der Waals surface area contributed by atoms with E-state index in [0.29, 0.717) is 6.61 Å². The van der Waals surface area contributed by atoms with Crippen LogP contribution in [-0.2, 0) is 11.3 Å². The fourth-order valence-corrected chi connectivity index (χ4v) is 4.14. The van der Waals surface area contributed by atoms with Crippen LogP contribution in [0.15, 0.2) is 36.9 Å². The van der Waals surface area contributed by atoms with Crippen molar-refractivity contribution in [1.82, 2.24) is 14.5 Å². The zero-order valence-corrected chi connectivity index (χ0v) is 14.9. The number of rotatable bonds is 3. The van der Waals surface area contributed by atoms with E-state index in [1.165, 1.54) is 11.1 Å². The summed E-state index contributed by atoms with van der Waals surface area (Å²) in [7, 11) is 0. The summed E-state index contributed by atoms with van der Waals surface area (Å²) in [5.41, 5.74) is 3.77. The number of aryl methyl sites for hydroxylation is 1. The molecule has 25 heavy (non-hydrogen) atoms. The second-order valence-electron chi connectivity index (χ2n) is 7.53. The molecule has 4 rings (SSSR count). The minimum Gasteiger partial charge on any atom is -0.393 e. The molecule has 2 aliphatic rings. The van der Waals surface area contributed by atoms with Gasteiger partial charge in [0.15, 0.2) is 0 Å². The molecule has 2 aliphatic heterocycles. The molecule has 0 radical (unpaired) electrons. The van der Waals surface area contributed by atoms with E-state index in [0.717, 1.165) is 51.0 Å². The molecule has 1 aromatic carbocycles. The predicted molar refractivity (Wildman–Crippen MR) is 96.7 cm³/mol. The Kier molecular flexibility index (Phi) is 4.63. The molecule has 2 aromatic rings. The Balaban J connectivity index is 1.38. The molecule has 5 nitrogen and oxygen atoms in total. The van der Waals surface area contributed by atoms with E-state index in [1.807, 2.05) is 17.1 Å². The fraction of sp³-hybridized carbons (Fsp3) is 0.550.